The molecule has 0 aliphatic carbocycles. The molecular formula is C21H33ClIN5O2. The Morgan fingerprint density at radius 3 is 2.47 bits per heavy atom. The van der Waals surface area contributed by atoms with Crippen molar-refractivity contribution in [3.05, 3.63) is 34.9 Å². The monoisotopic (exact) mass is 549 g/mol. The fourth-order valence-corrected chi connectivity index (χ4v) is 3.38. The number of hydrogen-bond acceptors (Lipinski definition) is 3. The molecule has 1 aromatic rings. The maximum Gasteiger partial charge on any atom is 0.227 e. The lowest BCUT2D eigenvalue weighted by Crippen LogP contribution is -2.54. The summed E-state index contributed by atoms with van der Waals surface area (Å²) in [6, 6.07) is 7.62. The second kappa shape index (κ2) is 13.7. The Bertz CT molecular complexity index is 723. The molecule has 0 saturated carbocycles. The van der Waals surface area contributed by atoms with E-state index in [0.29, 0.717) is 50.6 Å². The number of piperazine rings is 1. The molecule has 1 atom stereocenters. The van der Waals surface area contributed by atoms with E-state index in [4.69, 9.17) is 11.6 Å². The highest BCUT2D eigenvalue weighted by atomic mass is 127. The summed E-state index contributed by atoms with van der Waals surface area (Å²) in [5, 5.41) is 6.85. The number of benzene rings is 1. The minimum absolute atomic E-state index is 0. The van der Waals surface area contributed by atoms with Gasteiger partial charge in [0.15, 0.2) is 5.96 Å². The first-order chi connectivity index (χ1) is 13.9. The normalized spacial score (nSPS) is 15.3. The second-order valence-corrected chi connectivity index (χ2v) is 7.71. The van der Waals surface area contributed by atoms with Crippen molar-refractivity contribution in [1.29, 1.82) is 0 Å². The van der Waals surface area contributed by atoms with E-state index in [0.717, 1.165) is 17.9 Å². The number of amides is 2. The van der Waals surface area contributed by atoms with E-state index >= 15 is 0 Å². The Kier molecular flexibility index (Phi) is 12.1. The zero-order valence-electron chi connectivity index (χ0n) is 18.0. The highest BCUT2D eigenvalue weighted by Crippen LogP contribution is 2.13. The number of nitrogens with zero attached hydrogens (tertiary/aromatic N) is 3. The third-order valence-electron chi connectivity index (χ3n) is 5.04. The molecule has 1 aliphatic heterocycles. The molecule has 30 heavy (non-hydrogen) atoms. The van der Waals surface area contributed by atoms with Gasteiger partial charge in [0, 0.05) is 57.3 Å². The van der Waals surface area contributed by atoms with E-state index in [9.17, 15) is 9.59 Å². The van der Waals surface area contributed by atoms with Crippen LogP contribution in [0.3, 0.4) is 0 Å². The molecule has 1 aromatic carbocycles. The van der Waals surface area contributed by atoms with E-state index in [1.54, 1.807) is 13.1 Å². The van der Waals surface area contributed by atoms with Gasteiger partial charge in [-0.1, -0.05) is 30.7 Å². The molecule has 1 aliphatic rings. The van der Waals surface area contributed by atoms with Crippen molar-refractivity contribution >= 4 is 53.4 Å². The predicted molar refractivity (Wildman–Crippen MR) is 133 cm³/mol. The van der Waals surface area contributed by atoms with Crippen molar-refractivity contribution < 1.29 is 9.59 Å². The molecular weight excluding hydrogens is 517 g/mol. The molecule has 1 saturated heterocycles. The highest BCUT2D eigenvalue weighted by Gasteiger charge is 2.23. The van der Waals surface area contributed by atoms with Crippen LogP contribution < -0.4 is 10.6 Å². The number of nitrogens with one attached hydrogen (secondary N) is 2. The van der Waals surface area contributed by atoms with Crippen molar-refractivity contribution in [2.24, 2.45) is 4.99 Å². The molecule has 1 unspecified atom stereocenters. The molecule has 168 valence electrons. The van der Waals surface area contributed by atoms with Gasteiger partial charge < -0.3 is 20.4 Å². The summed E-state index contributed by atoms with van der Waals surface area (Å²) in [6.45, 7) is 7.29. The van der Waals surface area contributed by atoms with Gasteiger partial charge in [-0.05, 0) is 31.0 Å². The summed E-state index contributed by atoms with van der Waals surface area (Å²) < 4.78 is 0. The average molecular weight is 550 g/mol. The minimum atomic E-state index is 0. The molecule has 1 heterocycles. The van der Waals surface area contributed by atoms with Crippen molar-refractivity contribution in [2.75, 3.05) is 39.8 Å². The van der Waals surface area contributed by atoms with Gasteiger partial charge in [0.1, 0.15) is 0 Å². The van der Waals surface area contributed by atoms with E-state index < -0.39 is 0 Å². The number of aliphatic imine (C=N–C) groups is 1. The first-order valence-electron chi connectivity index (χ1n) is 10.2. The smallest absolute Gasteiger partial charge is 0.227 e. The molecule has 9 heteroatoms. The van der Waals surface area contributed by atoms with E-state index in [1.165, 1.54) is 0 Å². The molecule has 0 radical (unpaired) electrons. The Morgan fingerprint density at radius 2 is 1.87 bits per heavy atom. The van der Waals surface area contributed by atoms with Crippen LogP contribution in [-0.4, -0.2) is 73.4 Å². The van der Waals surface area contributed by atoms with Crippen molar-refractivity contribution in [2.45, 2.75) is 39.2 Å². The van der Waals surface area contributed by atoms with Crippen LogP contribution in [-0.2, 0) is 16.0 Å². The predicted octanol–water partition coefficient (Wildman–Crippen LogP) is 2.52. The van der Waals surface area contributed by atoms with Crippen molar-refractivity contribution in [3.8, 4) is 0 Å². The Balaban J connectivity index is 0.00000450. The van der Waals surface area contributed by atoms with Gasteiger partial charge in [0.05, 0.1) is 6.42 Å². The largest absolute Gasteiger partial charge is 0.356 e. The third-order valence-corrected chi connectivity index (χ3v) is 5.28. The molecule has 7 nitrogen and oxygen atoms in total. The fraction of sp³-hybridized carbons (Fsp3) is 0.571. The average Bonchev–Trinajstić information content (AvgIpc) is 2.71. The van der Waals surface area contributed by atoms with Crippen LogP contribution >= 0.6 is 35.6 Å². The molecule has 2 N–H and O–H groups in total. The molecule has 0 aromatic heterocycles. The quantitative estimate of drug-likeness (QED) is 0.311. The second-order valence-electron chi connectivity index (χ2n) is 7.28. The highest BCUT2D eigenvalue weighted by molar-refractivity contribution is 14.0. The number of halogens is 2. The van der Waals surface area contributed by atoms with E-state index in [-0.39, 0.29) is 41.8 Å². The zero-order valence-corrected chi connectivity index (χ0v) is 21.1. The summed E-state index contributed by atoms with van der Waals surface area (Å²) in [5.41, 5.74) is 0.929. The zero-order chi connectivity index (χ0) is 21.2. The van der Waals surface area contributed by atoms with Crippen LogP contribution in [0.1, 0.15) is 32.3 Å². The number of hydrogen-bond donors (Lipinski definition) is 2. The molecule has 0 bridgehead atoms. The van der Waals surface area contributed by atoms with Gasteiger partial charge in [0.25, 0.3) is 0 Å². The molecule has 2 rings (SSSR count). The first kappa shape index (κ1) is 26.5. The summed E-state index contributed by atoms with van der Waals surface area (Å²) in [5.74, 6) is 0.915. The number of carbonyl (C=O) groups is 2. The first-order valence-corrected chi connectivity index (χ1v) is 10.6. The Morgan fingerprint density at radius 1 is 1.20 bits per heavy atom. The van der Waals surface area contributed by atoms with Gasteiger partial charge in [-0.25, -0.2) is 0 Å². The van der Waals surface area contributed by atoms with E-state index in [1.807, 2.05) is 36.9 Å². The topological polar surface area (TPSA) is 77.0 Å². The van der Waals surface area contributed by atoms with Crippen LogP contribution in [0.5, 0.6) is 0 Å². The Labute approximate surface area is 201 Å². The minimum Gasteiger partial charge on any atom is -0.356 e. The summed E-state index contributed by atoms with van der Waals surface area (Å²) in [6.07, 6.45) is 1.68. The number of rotatable bonds is 7. The van der Waals surface area contributed by atoms with Gasteiger partial charge in [-0.2, -0.15) is 0 Å². The Hall–Kier alpha value is -1.55. The fourth-order valence-electron chi connectivity index (χ4n) is 3.17. The standard InChI is InChI=1S/C21H32ClN5O2.HI/c1-4-16(2)25-19(28)8-9-24-21(23-3)27-12-10-26(11-13-27)20(29)15-17-6-5-7-18(22)14-17;/h5-7,14,16H,4,8-13,15H2,1-3H3,(H,23,24)(H,25,28);1H. The maximum absolute atomic E-state index is 12.6. The number of guanidine groups is 1. The van der Waals surface area contributed by atoms with Crippen LogP contribution in [0.15, 0.2) is 29.3 Å². The number of carbonyl (C=O) groups excluding carboxylic acids is 2. The SMILES string of the molecule is CCC(C)NC(=O)CCNC(=NC)N1CCN(C(=O)Cc2cccc(Cl)c2)CC1.I. The van der Waals surface area contributed by atoms with Gasteiger partial charge in [0.2, 0.25) is 11.8 Å². The molecule has 2 amide bonds. The summed E-state index contributed by atoms with van der Waals surface area (Å²) >= 11 is 6.00. The van der Waals surface area contributed by atoms with Crippen LogP contribution in [0.2, 0.25) is 5.02 Å². The van der Waals surface area contributed by atoms with Gasteiger partial charge >= 0.3 is 0 Å². The van der Waals surface area contributed by atoms with E-state index in [2.05, 4.69) is 20.5 Å². The van der Waals surface area contributed by atoms with Gasteiger partial charge in [-0.15, -0.1) is 24.0 Å². The van der Waals surface area contributed by atoms with Crippen LogP contribution in [0.4, 0.5) is 0 Å². The third kappa shape index (κ3) is 8.67. The van der Waals surface area contributed by atoms with Crippen molar-refractivity contribution in [3.63, 3.8) is 0 Å². The molecule has 1 fully saturated rings. The summed E-state index contributed by atoms with van der Waals surface area (Å²) in [4.78, 5) is 32.8. The lowest BCUT2D eigenvalue weighted by molar-refractivity contribution is -0.131. The summed E-state index contributed by atoms with van der Waals surface area (Å²) in [7, 11) is 1.73. The van der Waals surface area contributed by atoms with Crippen LogP contribution in [0.25, 0.3) is 0 Å². The van der Waals surface area contributed by atoms with Gasteiger partial charge in [-0.3, -0.25) is 14.6 Å². The lowest BCUT2D eigenvalue weighted by atomic mass is 10.1. The maximum atomic E-state index is 12.6. The lowest BCUT2D eigenvalue weighted by Gasteiger charge is -2.36. The molecule has 0 spiro atoms. The van der Waals surface area contributed by atoms with Crippen molar-refractivity contribution in [1.82, 2.24) is 20.4 Å². The van der Waals surface area contributed by atoms with Crippen LogP contribution in [0, 0.1) is 0 Å².